The van der Waals surface area contributed by atoms with E-state index in [2.05, 4.69) is 0 Å². The topological polar surface area (TPSA) is 43.3 Å². The Labute approximate surface area is 178 Å². The van der Waals surface area contributed by atoms with Crippen LogP contribution in [0.3, 0.4) is 0 Å². The quantitative estimate of drug-likeness (QED) is 0.578. The highest BCUT2D eigenvalue weighted by atomic mass is 19.2. The van der Waals surface area contributed by atoms with Crippen molar-refractivity contribution in [2.24, 2.45) is 5.10 Å². The van der Waals surface area contributed by atoms with Gasteiger partial charge in [0.05, 0.1) is 26.0 Å². The monoisotopic (exact) mass is 422 g/mol. The van der Waals surface area contributed by atoms with Gasteiger partial charge in [0.25, 0.3) is 0 Å². The molecular weight excluding hydrogens is 402 g/mol. The molecule has 31 heavy (non-hydrogen) atoms. The van der Waals surface area contributed by atoms with Gasteiger partial charge in [0.1, 0.15) is 5.75 Å². The average molecular weight is 422 g/mol. The molecule has 0 amide bonds. The first-order valence-corrected chi connectivity index (χ1v) is 9.88. The SMILES string of the molecule is COc1cccc(C2=NN3[C@@H](c4ccc(F)c(F)c4)Oc4c(OC)cccc4[C@@H]3C2)c1. The maximum atomic E-state index is 14.0. The second kappa shape index (κ2) is 7.58. The van der Waals surface area contributed by atoms with Crippen molar-refractivity contribution in [3.8, 4) is 17.2 Å². The van der Waals surface area contributed by atoms with Crippen LogP contribution in [0.4, 0.5) is 8.78 Å². The van der Waals surface area contributed by atoms with E-state index in [0.29, 0.717) is 23.5 Å². The smallest absolute Gasteiger partial charge is 0.214 e. The second-order valence-corrected chi connectivity index (χ2v) is 7.40. The van der Waals surface area contributed by atoms with E-state index < -0.39 is 17.9 Å². The summed E-state index contributed by atoms with van der Waals surface area (Å²) in [7, 11) is 3.19. The van der Waals surface area contributed by atoms with Crippen LogP contribution >= 0.6 is 0 Å². The summed E-state index contributed by atoms with van der Waals surface area (Å²) in [6, 6.07) is 17.0. The number of halogens is 2. The normalized spacial score (nSPS) is 19.2. The van der Waals surface area contributed by atoms with E-state index in [4.69, 9.17) is 19.3 Å². The molecule has 0 saturated heterocycles. The van der Waals surface area contributed by atoms with Crippen molar-refractivity contribution in [2.45, 2.75) is 18.7 Å². The molecule has 0 spiro atoms. The molecule has 2 aliphatic heterocycles. The summed E-state index contributed by atoms with van der Waals surface area (Å²) >= 11 is 0. The molecule has 0 saturated carbocycles. The third-order valence-electron chi connectivity index (χ3n) is 5.63. The Bertz CT molecular complexity index is 1180. The van der Waals surface area contributed by atoms with Gasteiger partial charge in [-0.25, -0.2) is 13.8 Å². The van der Waals surface area contributed by atoms with Gasteiger partial charge in [0.15, 0.2) is 23.1 Å². The molecule has 0 bridgehead atoms. The minimum absolute atomic E-state index is 0.141. The number of para-hydroxylation sites is 1. The summed E-state index contributed by atoms with van der Waals surface area (Å²) in [5.74, 6) is 0.0685. The molecule has 0 radical (unpaired) electrons. The Kier molecular flexibility index (Phi) is 4.73. The fourth-order valence-electron chi connectivity index (χ4n) is 4.11. The van der Waals surface area contributed by atoms with Crippen molar-refractivity contribution >= 4 is 5.71 Å². The van der Waals surface area contributed by atoms with Crippen molar-refractivity contribution in [1.82, 2.24) is 5.01 Å². The van der Waals surface area contributed by atoms with Crippen LogP contribution < -0.4 is 14.2 Å². The van der Waals surface area contributed by atoms with E-state index in [1.807, 2.05) is 47.5 Å². The fourth-order valence-corrected chi connectivity index (χ4v) is 4.11. The van der Waals surface area contributed by atoms with Crippen molar-refractivity contribution in [2.75, 3.05) is 14.2 Å². The predicted molar refractivity (Wildman–Crippen MR) is 111 cm³/mol. The van der Waals surface area contributed by atoms with Gasteiger partial charge in [-0.1, -0.05) is 30.3 Å². The molecule has 0 N–H and O–H groups in total. The third-order valence-corrected chi connectivity index (χ3v) is 5.63. The van der Waals surface area contributed by atoms with Gasteiger partial charge in [-0.3, -0.25) is 0 Å². The van der Waals surface area contributed by atoms with Crippen molar-refractivity contribution in [3.05, 3.63) is 89.0 Å². The molecule has 5 rings (SSSR count). The average Bonchev–Trinajstić information content (AvgIpc) is 3.26. The predicted octanol–water partition coefficient (Wildman–Crippen LogP) is 5.22. The summed E-state index contributed by atoms with van der Waals surface area (Å²) in [6.07, 6.45) is -0.108. The van der Waals surface area contributed by atoms with Crippen LogP contribution in [0, 0.1) is 11.6 Å². The first-order chi connectivity index (χ1) is 15.1. The number of rotatable bonds is 4. The highest BCUT2D eigenvalue weighted by Gasteiger charge is 2.42. The lowest BCUT2D eigenvalue weighted by molar-refractivity contribution is -0.0211. The van der Waals surface area contributed by atoms with Crippen molar-refractivity contribution in [1.29, 1.82) is 0 Å². The van der Waals surface area contributed by atoms with Gasteiger partial charge < -0.3 is 14.2 Å². The molecule has 3 aromatic carbocycles. The maximum absolute atomic E-state index is 14.0. The van der Waals surface area contributed by atoms with Gasteiger partial charge in [-0.15, -0.1) is 0 Å². The molecule has 0 aromatic heterocycles. The minimum atomic E-state index is -0.931. The zero-order valence-electron chi connectivity index (χ0n) is 17.0. The minimum Gasteiger partial charge on any atom is -0.497 e. The Morgan fingerprint density at radius 3 is 2.58 bits per heavy atom. The molecule has 7 heteroatoms. The lowest BCUT2D eigenvalue weighted by atomic mass is 9.95. The molecule has 158 valence electrons. The van der Waals surface area contributed by atoms with E-state index in [1.165, 1.54) is 6.07 Å². The van der Waals surface area contributed by atoms with Gasteiger partial charge in [0, 0.05) is 23.1 Å². The molecular formula is C24H20F2N2O3. The highest BCUT2D eigenvalue weighted by Crippen LogP contribution is 2.50. The number of hydrogen-bond donors (Lipinski definition) is 0. The van der Waals surface area contributed by atoms with E-state index in [1.54, 1.807) is 14.2 Å². The zero-order valence-corrected chi connectivity index (χ0v) is 17.0. The molecule has 2 aliphatic rings. The first-order valence-electron chi connectivity index (χ1n) is 9.88. The second-order valence-electron chi connectivity index (χ2n) is 7.40. The number of methoxy groups -OCH3 is 2. The number of benzene rings is 3. The fraction of sp³-hybridized carbons (Fsp3) is 0.208. The van der Waals surface area contributed by atoms with Gasteiger partial charge in [-0.05, 0) is 30.3 Å². The summed E-state index contributed by atoms with van der Waals surface area (Å²) in [6.45, 7) is 0. The Morgan fingerprint density at radius 2 is 1.81 bits per heavy atom. The molecule has 2 atom stereocenters. The number of nitrogens with zero attached hydrogens (tertiary/aromatic N) is 2. The van der Waals surface area contributed by atoms with E-state index in [-0.39, 0.29) is 6.04 Å². The number of fused-ring (bicyclic) bond motifs is 3. The highest BCUT2D eigenvalue weighted by molar-refractivity contribution is 6.02. The van der Waals surface area contributed by atoms with Crippen LogP contribution in [-0.2, 0) is 0 Å². The molecule has 3 aromatic rings. The summed E-state index contributed by atoms with van der Waals surface area (Å²) in [5.41, 5.74) is 3.19. The van der Waals surface area contributed by atoms with Crippen LogP contribution in [0.1, 0.15) is 35.4 Å². The van der Waals surface area contributed by atoms with Crippen molar-refractivity contribution < 1.29 is 23.0 Å². The van der Waals surface area contributed by atoms with Gasteiger partial charge in [-0.2, -0.15) is 5.10 Å². The Morgan fingerprint density at radius 1 is 0.968 bits per heavy atom. The molecule has 2 heterocycles. The van der Waals surface area contributed by atoms with E-state index in [9.17, 15) is 8.78 Å². The Balaban J connectivity index is 1.62. The summed E-state index contributed by atoms with van der Waals surface area (Å²) in [5, 5.41) is 6.64. The number of ether oxygens (including phenoxy) is 3. The van der Waals surface area contributed by atoms with Crippen molar-refractivity contribution in [3.63, 3.8) is 0 Å². The molecule has 5 nitrogen and oxygen atoms in total. The van der Waals surface area contributed by atoms with Gasteiger partial charge >= 0.3 is 0 Å². The third kappa shape index (κ3) is 3.26. The molecule has 0 aliphatic carbocycles. The van der Waals surface area contributed by atoms with E-state index in [0.717, 1.165) is 34.7 Å². The Hall–Kier alpha value is -3.61. The van der Waals surface area contributed by atoms with Crippen LogP contribution in [0.25, 0.3) is 0 Å². The molecule has 0 unspecified atom stereocenters. The van der Waals surface area contributed by atoms with Gasteiger partial charge in [0.2, 0.25) is 6.23 Å². The number of hydrazone groups is 1. The van der Waals surface area contributed by atoms with Crippen LogP contribution in [-0.4, -0.2) is 24.9 Å². The maximum Gasteiger partial charge on any atom is 0.214 e. The lowest BCUT2D eigenvalue weighted by Gasteiger charge is -2.38. The van der Waals surface area contributed by atoms with Crippen LogP contribution in [0.2, 0.25) is 0 Å². The lowest BCUT2D eigenvalue weighted by Crippen LogP contribution is -2.34. The van der Waals surface area contributed by atoms with Crippen LogP contribution in [0.5, 0.6) is 17.2 Å². The zero-order chi connectivity index (χ0) is 21.5. The standard InChI is InChI=1S/C24H20F2N2O3/c1-29-16-6-3-5-14(11-16)20-13-21-17-7-4-8-22(30-2)23(17)31-24(28(21)27-20)15-9-10-18(25)19(26)12-15/h3-12,21,24H,13H2,1-2H3/t21-,24+/m0/s1. The van der Waals surface area contributed by atoms with Crippen LogP contribution in [0.15, 0.2) is 65.8 Å². The molecule has 0 fully saturated rings. The summed E-state index contributed by atoms with van der Waals surface area (Å²) in [4.78, 5) is 0. The largest absolute Gasteiger partial charge is 0.497 e. The van der Waals surface area contributed by atoms with E-state index >= 15 is 0 Å². The number of hydrogen-bond acceptors (Lipinski definition) is 5. The first kappa shape index (κ1) is 19.4. The summed E-state index contributed by atoms with van der Waals surface area (Å²) < 4.78 is 44.7.